The Balaban J connectivity index is 1.81. The second kappa shape index (κ2) is 7.92. The molecule has 0 aromatic heterocycles. The molecule has 120 valence electrons. The molecular formula is C17H23FN2O2. The molecular weight excluding hydrogens is 283 g/mol. The molecule has 1 aliphatic heterocycles. The zero-order chi connectivity index (χ0) is 15.9. The van der Waals surface area contributed by atoms with Gasteiger partial charge in [-0.1, -0.05) is 25.5 Å². The first-order valence-electron chi connectivity index (χ1n) is 7.90. The van der Waals surface area contributed by atoms with E-state index in [1.165, 1.54) is 12.1 Å². The minimum absolute atomic E-state index is 0.00810. The number of hydrogen-bond donors (Lipinski definition) is 0. The molecule has 0 spiro atoms. The van der Waals surface area contributed by atoms with Crippen LogP contribution in [-0.2, 0) is 16.0 Å². The number of piperazine rings is 1. The topological polar surface area (TPSA) is 40.6 Å². The van der Waals surface area contributed by atoms with E-state index in [1.54, 1.807) is 17.0 Å². The SMILES string of the molecule is CCCCC(=O)N1CCN(C(=O)Cc2cccc(F)c2)CC1. The molecule has 1 aromatic carbocycles. The van der Waals surface area contributed by atoms with Crippen LogP contribution in [0.15, 0.2) is 24.3 Å². The number of hydrogen-bond acceptors (Lipinski definition) is 2. The molecule has 0 bridgehead atoms. The van der Waals surface area contributed by atoms with Crippen molar-refractivity contribution >= 4 is 11.8 Å². The molecule has 0 N–H and O–H groups in total. The quantitative estimate of drug-likeness (QED) is 0.837. The normalized spacial score (nSPS) is 15.0. The average Bonchev–Trinajstić information content (AvgIpc) is 2.52. The molecule has 0 radical (unpaired) electrons. The van der Waals surface area contributed by atoms with E-state index >= 15 is 0 Å². The highest BCUT2D eigenvalue weighted by Crippen LogP contribution is 2.10. The Morgan fingerprint density at radius 2 is 1.73 bits per heavy atom. The maximum Gasteiger partial charge on any atom is 0.227 e. The summed E-state index contributed by atoms with van der Waals surface area (Å²) in [4.78, 5) is 27.8. The van der Waals surface area contributed by atoms with Crippen molar-refractivity contribution < 1.29 is 14.0 Å². The van der Waals surface area contributed by atoms with Crippen molar-refractivity contribution in [1.82, 2.24) is 9.80 Å². The number of carbonyl (C=O) groups is 2. The first-order chi connectivity index (χ1) is 10.6. The highest BCUT2D eigenvalue weighted by molar-refractivity contribution is 5.80. The van der Waals surface area contributed by atoms with E-state index in [9.17, 15) is 14.0 Å². The van der Waals surface area contributed by atoms with Crippen molar-refractivity contribution in [3.05, 3.63) is 35.6 Å². The molecule has 1 saturated heterocycles. The molecule has 1 aliphatic rings. The molecule has 0 unspecified atom stereocenters. The molecule has 1 aromatic rings. The summed E-state index contributed by atoms with van der Waals surface area (Å²) in [7, 11) is 0. The van der Waals surface area contributed by atoms with Gasteiger partial charge in [0.2, 0.25) is 11.8 Å². The molecule has 5 heteroatoms. The molecule has 4 nitrogen and oxygen atoms in total. The summed E-state index contributed by atoms with van der Waals surface area (Å²) in [6, 6.07) is 6.13. The van der Waals surface area contributed by atoms with Crippen LogP contribution in [0.2, 0.25) is 0 Å². The minimum atomic E-state index is -0.323. The van der Waals surface area contributed by atoms with E-state index in [4.69, 9.17) is 0 Å². The number of amides is 2. The first-order valence-corrected chi connectivity index (χ1v) is 7.90. The first kappa shape index (κ1) is 16.5. The van der Waals surface area contributed by atoms with E-state index in [-0.39, 0.29) is 24.1 Å². The predicted octanol–water partition coefficient (Wildman–Crippen LogP) is 2.23. The highest BCUT2D eigenvalue weighted by Gasteiger charge is 2.23. The number of carbonyl (C=O) groups excluding carboxylic acids is 2. The third-order valence-corrected chi connectivity index (χ3v) is 3.97. The van der Waals surface area contributed by atoms with E-state index < -0.39 is 0 Å². The summed E-state index contributed by atoms with van der Waals surface area (Å²) >= 11 is 0. The van der Waals surface area contributed by atoms with Crippen LogP contribution < -0.4 is 0 Å². The van der Waals surface area contributed by atoms with Gasteiger partial charge in [0.25, 0.3) is 0 Å². The molecule has 1 fully saturated rings. The Morgan fingerprint density at radius 1 is 1.09 bits per heavy atom. The molecule has 0 saturated carbocycles. The van der Waals surface area contributed by atoms with Gasteiger partial charge in [0.15, 0.2) is 0 Å². The lowest BCUT2D eigenvalue weighted by Gasteiger charge is -2.35. The number of nitrogens with zero attached hydrogens (tertiary/aromatic N) is 2. The fourth-order valence-corrected chi connectivity index (χ4v) is 2.62. The minimum Gasteiger partial charge on any atom is -0.339 e. The van der Waals surface area contributed by atoms with Crippen LogP contribution in [0.25, 0.3) is 0 Å². The van der Waals surface area contributed by atoms with Gasteiger partial charge in [0, 0.05) is 32.6 Å². The van der Waals surface area contributed by atoms with Gasteiger partial charge in [0.1, 0.15) is 5.82 Å². The summed E-state index contributed by atoms with van der Waals surface area (Å²) in [6.07, 6.45) is 2.73. The molecule has 1 heterocycles. The maximum absolute atomic E-state index is 13.1. The lowest BCUT2D eigenvalue weighted by Crippen LogP contribution is -2.50. The number of halogens is 1. The van der Waals surface area contributed by atoms with Crippen molar-refractivity contribution in [3.63, 3.8) is 0 Å². The van der Waals surface area contributed by atoms with Crippen LogP contribution in [0.4, 0.5) is 4.39 Å². The van der Waals surface area contributed by atoms with E-state index in [0.29, 0.717) is 38.2 Å². The number of benzene rings is 1. The number of unbranched alkanes of at least 4 members (excludes halogenated alkanes) is 1. The summed E-state index contributed by atoms with van der Waals surface area (Å²) in [5.41, 5.74) is 0.687. The zero-order valence-electron chi connectivity index (χ0n) is 13.1. The molecule has 2 rings (SSSR count). The summed E-state index contributed by atoms with van der Waals surface area (Å²) < 4.78 is 13.1. The van der Waals surface area contributed by atoms with Crippen LogP contribution in [0.1, 0.15) is 31.7 Å². The Labute approximate surface area is 130 Å². The van der Waals surface area contributed by atoms with Crippen molar-refractivity contribution in [1.29, 1.82) is 0 Å². The van der Waals surface area contributed by atoms with Crippen LogP contribution in [-0.4, -0.2) is 47.8 Å². The molecule has 0 aliphatic carbocycles. The molecule has 22 heavy (non-hydrogen) atoms. The van der Waals surface area contributed by atoms with E-state index in [1.807, 2.05) is 4.90 Å². The Morgan fingerprint density at radius 3 is 2.32 bits per heavy atom. The van der Waals surface area contributed by atoms with Crippen molar-refractivity contribution in [3.8, 4) is 0 Å². The van der Waals surface area contributed by atoms with Gasteiger partial charge < -0.3 is 9.80 Å². The predicted molar refractivity (Wildman–Crippen MR) is 82.8 cm³/mol. The summed E-state index contributed by atoms with van der Waals surface area (Å²) in [5.74, 6) is -0.151. The standard InChI is InChI=1S/C17H23FN2O2/c1-2-3-7-16(21)19-8-10-20(11-9-19)17(22)13-14-5-4-6-15(18)12-14/h4-6,12H,2-3,7-11,13H2,1H3. The largest absolute Gasteiger partial charge is 0.339 e. The molecule has 0 atom stereocenters. The third kappa shape index (κ3) is 4.55. The van der Waals surface area contributed by atoms with Crippen LogP contribution in [0.5, 0.6) is 0 Å². The van der Waals surface area contributed by atoms with Gasteiger partial charge >= 0.3 is 0 Å². The van der Waals surface area contributed by atoms with Crippen molar-refractivity contribution in [2.45, 2.75) is 32.6 Å². The van der Waals surface area contributed by atoms with E-state index in [2.05, 4.69) is 6.92 Å². The Kier molecular flexibility index (Phi) is 5.92. The van der Waals surface area contributed by atoms with Crippen molar-refractivity contribution in [2.24, 2.45) is 0 Å². The highest BCUT2D eigenvalue weighted by atomic mass is 19.1. The zero-order valence-corrected chi connectivity index (χ0v) is 13.1. The fraction of sp³-hybridized carbons (Fsp3) is 0.529. The van der Waals surface area contributed by atoms with E-state index in [0.717, 1.165) is 12.8 Å². The second-order valence-corrected chi connectivity index (χ2v) is 5.67. The fourth-order valence-electron chi connectivity index (χ4n) is 2.62. The number of rotatable bonds is 5. The monoisotopic (exact) mass is 306 g/mol. The van der Waals surface area contributed by atoms with Gasteiger partial charge in [-0.05, 0) is 24.1 Å². The average molecular weight is 306 g/mol. The maximum atomic E-state index is 13.1. The second-order valence-electron chi connectivity index (χ2n) is 5.67. The third-order valence-electron chi connectivity index (χ3n) is 3.97. The van der Waals surface area contributed by atoms with Gasteiger partial charge in [0.05, 0.1) is 6.42 Å². The van der Waals surface area contributed by atoms with Gasteiger partial charge in [-0.15, -0.1) is 0 Å². The van der Waals surface area contributed by atoms with Crippen LogP contribution in [0.3, 0.4) is 0 Å². The van der Waals surface area contributed by atoms with Crippen molar-refractivity contribution in [2.75, 3.05) is 26.2 Å². The summed E-state index contributed by atoms with van der Waals surface area (Å²) in [5, 5.41) is 0. The Bertz CT molecular complexity index is 525. The lowest BCUT2D eigenvalue weighted by molar-refractivity contribution is -0.139. The summed E-state index contributed by atoms with van der Waals surface area (Å²) in [6.45, 7) is 4.38. The Hall–Kier alpha value is -1.91. The lowest BCUT2D eigenvalue weighted by atomic mass is 10.1. The molecule has 2 amide bonds. The van der Waals surface area contributed by atoms with Crippen LogP contribution in [0, 0.1) is 5.82 Å². The van der Waals surface area contributed by atoms with Gasteiger partial charge in [-0.25, -0.2) is 4.39 Å². The van der Waals surface area contributed by atoms with Crippen LogP contribution >= 0.6 is 0 Å². The smallest absolute Gasteiger partial charge is 0.227 e. The van der Waals surface area contributed by atoms with Gasteiger partial charge in [-0.3, -0.25) is 9.59 Å². The van der Waals surface area contributed by atoms with Gasteiger partial charge in [-0.2, -0.15) is 0 Å².